The summed E-state index contributed by atoms with van der Waals surface area (Å²) in [5.74, 6) is 0. The van der Waals surface area contributed by atoms with Gasteiger partial charge in [-0.2, -0.15) is 0 Å². The van der Waals surface area contributed by atoms with Crippen LogP contribution >= 0.6 is 11.3 Å². The molecule has 1 heterocycles. The lowest BCUT2D eigenvalue weighted by atomic mass is 10.6. The fraction of sp³-hybridized carbons (Fsp3) is 0. The Balaban J connectivity index is 2.93. The summed E-state index contributed by atoms with van der Waals surface area (Å²) in [6.45, 7) is 0. The van der Waals surface area contributed by atoms with Crippen molar-refractivity contribution in [3.63, 3.8) is 0 Å². The molecule has 0 amide bonds. The van der Waals surface area contributed by atoms with Crippen LogP contribution in [0, 0.1) is 10.1 Å². The SMILES string of the molecule is O=[N+]([O-])c1cccs1. The summed E-state index contributed by atoms with van der Waals surface area (Å²) in [5, 5.41) is 11.8. The molecule has 0 bridgehead atoms. The van der Waals surface area contributed by atoms with Crippen molar-refractivity contribution in [2.75, 3.05) is 0 Å². The van der Waals surface area contributed by atoms with Gasteiger partial charge in [-0.25, -0.2) is 0 Å². The lowest BCUT2D eigenvalue weighted by molar-refractivity contribution is -0.380. The predicted octanol–water partition coefficient (Wildman–Crippen LogP) is 1.66. The maximum absolute atomic E-state index is 9.88. The fourth-order valence-electron chi connectivity index (χ4n) is 0.374. The molecule has 0 unspecified atom stereocenters. The van der Waals surface area contributed by atoms with Crippen LogP contribution in [0.3, 0.4) is 0 Å². The molecule has 0 radical (unpaired) electrons. The van der Waals surface area contributed by atoms with E-state index in [1.54, 1.807) is 11.4 Å². The van der Waals surface area contributed by atoms with E-state index in [-0.39, 0.29) is 5.00 Å². The Morgan fingerprint density at radius 1 is 1.75 bits per heavy atom. The van der Waals surface area contributed by atoms with Gasteiger partial charge in [-0.05, 0) is 11.4 Å². The molecule has 0 N–H and O–H groups in total. The quantitative estimate of drug-likeness (QED) is 0.427. The Morgan fingerprint density at radius 3 is 2.75 bits per heavy atom. The molecule has 0 aliphatic carbocycles. The third-order valence-corrected chi connectivity index (χ3v) is 1.51. The molecule has 8 heavy (non-hydrogen) atoms. The normalized spacial score (nSPS) is 9.00. The van der Waals surface area contributed by atoms with Gasteiger partial charge in [0, 0.05) is 6.07 Å². The molecule has 1 rings (SSSR count). The number of nitrogens with zero attached hydrogens (tertiary/aromatic N) is 1. The molecular formula is C4H3NO2S. The summed E-state index contributed by atoms with van der Waals surface area (Å²) in [6, 6.07) is 3.13. The Morgan fingerprint density at radius 2 is 2.50 bits per heavy atom. The predicted molar refractivity (Wildman–Crippen MR) is 31.0 cm³/mol. The Labute approximate surface area is 49.7 Å². The second-order valence-corrected chi connectivity index (χ2v) is 2.13. The van der Waals surface area contributed by atoms with Gasteiger partial charge in [0.15, 0.2) is 0 Å². The Hall–Kier alpha value is -0.900. The van der Waals surface area contributed by atoms with Crippen LogP contribution in [0.15, 0.2) is 17.5 Å². The second-order valence-electron chi connectivity index (χ2n) is 1.21. The first-order valence-corrected chi connectivity index (χ1v) is 2.86. The highest BCUT2D eigenvalue weighted by atomic mass is 32.1. The first-order chi connectivity index (χ1) is 3.80. The van der Waals surface area contributed by atoms with Crippen LogP contribution in [-0.2, 0) is 0 Å². The molecule has 4 heteroatoms. The molecule has 0 atom stereocenters. The Kier molecular flexibility index (Phi) is 1.26. The maximum Gasteiger partial charge on any atom is 0.324 e. The molecule has 0 fully saturated rings. The molecule has 0 spiro atoms. The molecule has 1 aromatic heterocycles. The van der Waals surface area contributed by atoms with Crippen molar-refractivity contribution in [2.24, 2.45) is 0 Å². The van der Waals surface area contributed by atoms with Crippen molar-refractivity contribution in [1.82, 2.24) is 0 Å². The lowest BCUT2D eigenvalue weighted by Gasteiger charge is -1.76. The van der Waals surface area contributed by atoms with Gasteiger partial charge in [0.05, 0.1) is 4.92 Å². The molecular weight excluding hydrogens is 126 g/mol. The van der Waals surface area contributed by atoms with Crippen molar-refractivity contribution >= 4 is 16.3 Å². The van der Waals surface area contributed by atoms with Gasteiger partial charge in [0.2, 0.25) is 0 Å². The van der Waals surface area contributed by atoms with E-state index in [9.17, 15) is 10.1 Å². The molecule has 0 aromatic carbocycles. The standard InChI is InChI=1S/C4H3NO2S/c6-5(7)4-2-1-3-8-4/h1-3H. The number of hydrogen-bond donors (Lipinski definition) is 0. The second kappa shape index (κ2) is 1.92. The van der Waals surface area contributed by atoms with Gasteiger partial charge in [0.25, 0.3) is 0 Å². The van der Waals surface area contributed by atoms with Crippen LogP contribution in [0.2, 0.25) is 0 Å². The van der Waals surface area contributed by atoms with E-state index < -0.39 is 4.92 Å². The van der Waals surface area contributed by atoms with E-state index >= 15 is 0 Å². The van der Waals surface area contributed by atoms with E-state index in [1.807, 2.05) is 0 Å². The van der Waals surface area contributed by atoms with Crippen LogP contribution in [0.1, 0.15) is 0 Å². The van der Waals surface area contributed by atoms with Crippen molar-refractivity contribution in [2.45, 2.75) is 0 Å². The number of nitro groups is 1. The van der Waals surface area contributed by atoms with Crippen molar-refractivity contribution < 1.29 is 4.92 Å². The summed E-state index contributed by atoms with van der Waals surface area (Å²) in [6.07, 6.45) is 0. The van der Waals surface area contributed by atoms with E-state index in [1.165, 1.54) is 6.07 Å². The lowest BCUT2D eigenvalue weighted by Crippen LogP contribution is -1.80. The minimum atomic E-state index is -0.398. The highest BCUT2D eigenvalue weighted by molar-refractivity contribution is 7.13. The number of thiophene rings is 1. The summed E-state index contributed by atoms with van der Waals surface area (Å²) in [7, 11) is 0. The zero-order chi connectivity index (χ0) is 5.98. The molecule has 0 aliphatic rings. The zero-order valence-corrected chi connectivity index (χ0v) is 4.72. The van der Waals surface area contributed by atoms with Gasteiger partial charge in [-0.15, -0.1) is 0 Å². The van der Waals surface area contributed by atoms with E-state index in [0.717, 1.165) is 11.3 Å². The van der Waals surface area contributed by atoms with Crippen molar-refractivity contribution in [3.05, 3.63) is 27.6 Å². The molecule has 3 nitrogen and oxygen atoms in total. The first-order valence-electron chi connectivity index (χ1n) is 1.98. The monoisotopic (exact) mass is 129 g/mol. The minimum Gasteiger partial charge on any atom is -0.258 e. The first kappa shape index (κ1) is 5.24. The summed E-state index contributed by atoms with van der Waals surface area (Å²) in [5.41, 5.74) is 0. The number of hydrogen-bond acceptors (Lipinski definition) is 3. The van der Waals surface area contributed by atoms with Crippen LogP contribution in [0.25, 0.3) is 0 Å². The van der Waals surface area contributed by atoms with Crippen molar-refractivity contribution in [1.29, 1.82) is 0 Å². The third kappa shape index (κ3) is 0.840. The molecule has 1 aromatic rings. The largest absolute Gasteiger partial charge is 0.324 e. The van der Waals surface area contributed by atoms with E-state index in [0.29, 0.717) is 0 Å². The fourth-order valence-corrected chi connectivity index (χ4v) is 0.914. The molecule has 0 aliphatic heterocycles. The van der Waals surface area contributed by atoms with Crippen LogP contribution < -0.4 is 0 Å². The highest BCUT2D eigenvalue weighted by Crippen LogP contribution is 2.16. The van der Waals surface area contributed by atoms with Crippen LogP contribution in [-0.4, -0.2) is 4.92 Å². The number of rotatable bonds is 1. The highest BCUT2D eigenvalue weighted by Gasteiger charge is 2.01. The van der Waals surface area contributed by atoms with E-state index in [4.69, 9.17) is 0 Å². The van der Waals surface area contributed by atoms with Crippen molar-refractivity contribution in [3.8, 4) is 0 Å². The maximum atomic E-state index is 9.88. The van der Waals surface area contributed by atoms with Gasteiger partial charge in [-0.3, -0.25) is 10.1 Å². The van der Waals surface area contributed by atoms with Gasteiger partial charge >= 0.3 is 5.00 Å². The average molecular weight is 129 g/mol. The minimum absolute atomic E-state index is 0.199. The smallest absolute Gasteiger partial charge is 0.258 e. The van der Waals surface area contributed by atoms with Gasteiger partial charge < -0.3 is 0 Å². The van der Waals surface area contributed by atoms with Crippen LogP contribution in [0.4, 0.5) is 5.00 Å². The summed E-state index contributed by atoms with van der Waals surface area (Å²) in [4.78, 5) is 9.48. The topological polar surface area (TPSA) is 43.1 Å². The molecule has 42 valence electrons. The van der Waals surface area contributed by atoms with Crippen LogP contribution in [0.5, 0.6) is 0 Å². The Bertz CT molecular complexity index is 182. The molecule has 0 saturated heterocycles. The third-order valence-electron chi connectivity index (χ3n) is 0.686. The van der Waals surface area contributed by atoms with E-state index in [2.05, 4.69) is 0 Å². The van der Waals surface area contributed by atoms with Gasteiger partial charge in [0.1, 0.15) is 0 Å². The average Bonchev–Trinajstić information content (AvgIpc) is 2.12. The zero-order valence-electron chi connectivity index (χ0n) is 3.90. The molecule has 0 saturated carbocycles. The summed E-state index contributed by atoms with van der Waals surface area (Å²) < 4.78 is 0. The van der Waals surface area contributed by atoms with Gasteiger partial charge in [-0.1, -0.05) is 11.3 Å². The summed E-state index contributed by atoms with van der Waals surface area (Å²) >= 11 is 1.13.